The molecule has 1 aromatic heterocycles. The molecule has 0 spiro atoms. The molecule has 2 aromatic rings. The molecule has 0 atom stereocenters. The average Bonchev–Trinajstić information content (AvgIpc) is 2.45. The molecule has 0 bridgehead atoms. The maximum absolute atomic E-state index is 13.8. The summed E-state index contributed by atoms with van der Waals surface area (Å²) in [5, 5.41) is 3.56. The van der Waals surface area contributed by atoms with E-state index in [1.165, 1.54) is 6.07 Å². The number of aromatic nitrogens is 1. The van der Waals surface area contributed by atoms with Crippen molar-refractivity contribution >= 4 is 23.0 Å². The Balaban J connectivity index is 2.26. The van der Waals surface area contributed by atoms with Gasteiger partial charge in [0.25, 0.3) is 0 Å². The molecule has 0 aliphatic carbocycles. The third kappa shape index (κ3) is 3.55. The zero-order valence-electron chi connectivity index (χ0n) is 12.2. The normalized spacial score (nSPS) is 10.3. The molecule has 0 aliphatic rings. The lowest BCUT2D eigenvalue weighted by Crippen LogP contribution is -2.14. The summed E-state index contributed by atoms with van der Waals surface area (Å²) in [6.45, 7) is 0.311. The Morgan fingerprint density at radius 3 is 2.71 bits per heavy atom. The quantitative estimate of drug-likeness (QED) is 0.916. The third-order valence-corrected chi connectivity index (χ3v) is 3.28. The van der Waals surface area contributed by atoms with Crippen molar-refractivity contribution in [2.75, 3.05) is 31.4 Å². The Morgan fingerprint density at radius 2 is 2.10 bits per heavy atom. The molecule has 0 amide bonds. The minimum Gasteiger partial charge on any atom is -0.479 e. The van der Waals surface area contributed by atoms with Crippen LogP contribution < -0.4 is 15.0 Å². The second-order valence-electron chi connectivity index (χ2n) is 4.70. The van der Waals surface area contributed by atoms with Crippen LogP contribution in [-0.2, 0) is 6.54 Å². The lowest BCUT2D eigenvalue weighted by atomic mass is 10.2. The highest BCUT2D eigenvalue weighted by Crippen LogP contribution is 2.32. The summed E-state index contributed by atoms with van der Waals surface area (Å²) in [7, 11) is 5.39. The maximum atomic E-state index is 13.8. The molecule has 112 valence electrons. The van der Waals surface area contributed by atoms with Crippen LogP contribution in [0.3, 0.4) is 0 Å². The summed E-state index contributed by atoms with van der Waals surface area (Å²) in [5.74, 6) is 0.125. The Hall–Kier alpha value is -2.01. The summed E-state index contributed by atoms with van der Waals surface area (Å²) >= 11 is 5.75. The van der Waals surface area contributed by atoms with Crippen LogP contribution in [0.25, 0.3) is 0 Å². The number of nitrogens with zero attached hydrogens (tertiary/aromatic N) is 2. The standard InChI is InChI=1S/C15H17ClFN3O/c1-20(2)13-6-7-18-15(21-3)14(13)19-9-10-4-5-11(16)8-12(10)17/h4-8,19H,9H2,1-3H3. The van der Waals surface area contributed by atoms with E-state index in [4.69, 9.17) is 16.3 Å². The van der Waals surface area contributed by atoms with E-state index in [0.717, 1.165) is 11.4 Å². The average molecular weight is 310 g/mol. The molecule has 1 heterocycles. The van der Waals surface area contributed by atoms with Crippen LogP contribution in [-0.4, -0.2) is 26.2 Å². The van der Waals surface area contributed by atoms with Crippen molar-refractivity contribution in [1.29, 1.82) is 0 Å². The fourth-order valence-corrected chi connectivity index (χ4v) is 2.13. The van der Waals surface area contributed by atoms with Gasteiger partial charge < -0.3 is 15.0 Å². The van der Waals surface area contributed by atoms with Crippen LogP contribution in [0.1, 0.15) is 5.56 Å². The van der Waals surface area contributed by atoms with Crippen molar-refractivity contribution in [2.45, 2.75) is 6.54 Å². The third-order valence-electron chi connectivity index (χ3n) is 3.04. The molecule has 0 saturated heterocycles. The molecular formula is C15H17ClFN3O. The zero-order valence-corrected chi connectivity index (χ0v) is 12.9. The minimum absolute atomic E-state index is 0.311. The second-order valence-corrected chi connectivity index (χ2v) is 5.13. The number of hydrogen-bond donors (Lipinski definition) is 1. The van der Waals surface area contributed by atoms with E-state index >= 15 is 0 Å². The number of nitrogens with one attached hydrogen (secondary N) is 1. The molecule has 0 saturated carbocycles. The van der Waals surface area contributed by atoms with Crippen molar-refractivity contribution < 1.29 is 9.13 Å². The van der Waals surface area contributed by atoms with Crippen LogP contribution in [0.4, 0.5) is 15.8 Å². The van der Waals surface area contributed by atoms with Gasteiger partial charge in [0.2, 0.25) is 5.88 Å². The van der Waals surface area contributed by atoms with Gasteiger partial charge in [-0.15, -0.1) is 0 Å². The number of ether oxygens (including phenoxy) is 1. The van der Waals surface area contributed by atoms with Gasteiger partial charge in [-0.2, -0.15) is 0 Å². The minimum atomic E-state index is -0.343. The molecular weight excluding hydrogens is 293 g/mol. The monoisotopic (exact) mass is 309 g/mol. The first kappa shape index (κ1) is 15.4. The number of anilines is 2. The van der Waals surface area contributed by atoms with Gasteiger partial charge in [-0.3, -0.25) is 0 Å². The van der Waals surface area contributed by atoms with Gasteiger partial charge in [0.1, 0.15) is 11.5 Å². The van der Waals surface area contributed by atoms with Gasteiger partial charge in [-0.25, -0.2) is 9.37 Å². The maximum Gasteiger partial charge on any atom is 0.239 e. The summed E-state index contributed by atoms with van der Waals surface area (Å²) in [6.07, 6.45) is 1.67. The van der Waals surface area contributed by atoms with Gasteiger partial charge in [-0.1, -0.05) is 17.7 Å². The van der Waals surface area contributed by atoms with E-state index in [1.54, 1.807) is 25.4 Å². The fraction of sp³-hybridized carbons (Fsp3) is 0.267. The van der Waals surface area contributed by atoms with Gasteiger partial charge >= 0.3 is 0 Å². The van der Waals surface area contributed by atoms with Crippen LogP contribution in [0.2, 0.25) is 5.02 Å². The van der Waals surface area contributed by atoms with Gasteiger partial charge in [0.15, 0.2) is 0 Å². The SMILES string of the molecule is COc1nccc(N(C)C)c1NCc1ccc(Cl)cc1F. The number of benzene rings is 1. The first-order chi connectivity index (χ1) is 10.0. The lowest BCUT2D eigenvalue weighted by Gasteiger charge is -2.20. The molecule has 1 N–H and O–H groups in total. The van der Waals surface area contributed by atoms with E-state index in [9.17, 15) is 4.39 Å². The Bertz CT molecular complexity index is 634. The van der Waals surface area contributed by atoms with Crippen LogP contribution >= 0.6 is 11.6 Å². The zero-order chi connectivity index (χ0) is 15.4. The molecule has 2 rings (SSSR count). The number of methoxy groups -OCH3 is 1. The van der Waals surface area contributed by atoms with E-state index in [2.05, 4.69) is 10.3 Å². The summed E-state index contributed by atoms with van der Waals surface area (Å²) in [4.78, 5) is 6.10. The number of rotatable bonds is 5. The highest BCUT2D eigenvalue weighted by Gasteiger charge is 2.12. The summed E-state index contributed by atoms with van der Waals surface area (Å²) < 4.78 is 19.1. The van der Waals surface area contributed by atoms with Crippen molar-refractivity contribution in [3.05, 3.63) is 46.9 Å². The molecule has 0 fully saturated rings. The summed E-state index contributed by atoms with van der Waals surface area (Å²) in [6, 6.07) is 6.48. The second kappa shape index (κ2) is 6.63. The predicted molar refractivity (Wildman–Crippen MR) is 83.9 cm³/mol. The van der Waals surface area contributed by atoms with Gasteiger partial charge in [0.05, 0.1) is 12.8 Å². The summed E-state index contributed by atoms with van der Waals surface area (Å²) in [5.41, 5.74) is 2.16. The first-order valence-corrected chi connectivity index (χ1v) is 6.79. The number of hydrogen-bond acceptors (Lipinski definition) is 4. The van der Waals surface area contributed by atoms with Crippen molar-refractivity contribution in [2.24, 2.45) is 0 Å². The van der Waals surface area contributed by atoms with Gasteiger partial charge in [-0.05, 0) is 18.2 Å². The number of halogens is 2. The lowest BCUT2D eigenvalue weighted by molar-refractivity contribution is 0.399. The fourth-order valence-electron chi connectivity index (χ4n) is 1.98. The highest BCUT2D eigenvalue weighted by molar-refractivity contribution is 6.30. The molecule has 0 aliphatic heterocycles. The molecule has 1 aromatic carbocycles. The topological polar surface area (TPSA) is 37.4 Å². The Labute approximate surface area is 128 Å². The van der Waals surface area contributed by atoms with Gasteiger partial charge in [0, 0.05) is 37.4 Å². The smallest absolute Gasteiger partial charge is 0.239 e. The van der Waals surface area contributed by atoms with Crippen molar-refractivity contribution in [3.63, 3.8) is 0 Å². The molecule has 6 heteroatoms. The van der Waals surface area contributed by atoms with E-state index in [0.29, 0.717) is 23.0 Å². The first-order valence-electron chi connectivity index (χ1n) is 6.41. The Morgan fingerprint density at radius 1 is 1.33 bits per heavy atom. The predicted octanol–water partition coefficient (Wildman–Crippen LogP) is 3.56. The largest absolute Gasteiger partial charge is 0.479 e. The van der Waals surface area contributed by atoms with E-state index < -0.39 is 0 Å². The highest BCUT2D eigenvalue weighted by atomic mass is 35.5. The van der Waals surface area contributed by atoms with Crippen LogP contribution in [0, 0.1) is 5.82 Å². The van der Waals surface area contributed by atoms with Crippen molar-refractivity contribution in [1.82, 2.24) is 4.98 Å². The van der Waals surface area contributed by atoms with Crippen molar-refractivity contribution in [3.8, 4) is 5.88 Å². The molecule has 0 radical (unpaired) electrons. The molecule has 0 unspecified atom stereocenters. The Kier molecular flexibility index (Phi) is 4.85. The van der Waals surface area contributed by atoms with E-state index in [-0.39, 0.29) is 5.82 Å². The van der Waals surface area contributed by atoms with Crippen LogP contribution in [0.5, 0.6) is 5.88 Å². The molecule has 21 heavy (non-hydrogen) atoms. The van der Waals surface area contributed by atoms with Crippen LogP contribution in [0.15, 0.2) is 30.5 Å². The molecule has 4 nitrogen and oxygen atoms in total. The van der Waals surface area contributed by atoms with E-state index in [1.807, 2.05) is 25.1 Å². The number of pyridine rings is 1.